The zero-order chi connectivity index (χ0) is 20.6. The zero-order valence-electron chi connectivity index (χ0n) is 16.2. The number of benzene rings is 2. The smallest absolute Gasteiger partial charge is 0.265 e. The molecule has 3 aromatic rings. The van der Waals surface area contributed by atoms with Crippen LogP contribution in [0.1, 0.15) is 23.0 Å². The van der Waals surface area contributed by atoms with Crippen LogP contribution in [0.15, 0.2) is 71.3 Å². The lowest BCUT2D eigenvalue weighted by Gasteiger charge is -2.16. The number of methoxy groups -OCH3 is 1. The molecule has 0 fully saturated rings. The number of carbonyl (C=O) groups excluding carboxylic acids is 2. The Labute approximate surface area is 168 Å². The number of rotatable bonds is 8. The van der Waals surface area contributed by atoms with E-state index in [1.165, 1.54) is 0 Å². The fraction of sp³-hybridized carbons (Fsp3) is 0.182. The summed E-state index contributed by atoms with van der Waals surface area (Å²) in [4.78, 5) is 25.1. The van der Waals surface area contributed by atoms with E-state index in [4.69, 9.17) is 13.9 Å². The lowest BCUT2D eigenvalue weighted by Crippen LogP contribution is -2.31. The molecule has 0 aliphatic carbocycles. The Bertz CT molecular complexity index is 952. The normalized spacial score (nSPS) is 11.4. The van der Waals surface area contributed by atoms with Gasteiger partial charge in [-0.05, 0) is 55.5 Å². The van der Waals surface area contributed by atoms with E-state index >= 15 is 0 Å². The summed E-state index contributed by atoms with van der Waals surface area (Å²) in [7, 11) is 1.58. The minimum Gasteiger partial charge on any atom is -0.497 e. The second-order valence-corrected chi connectivity index (χ2v) is 6.23. The third-order valence-electron chi connectivity index (χ3n) is 4.17. The Balaban J connectivity index is 1.62. The van der Waals surface area contributed by atoms with Gasteiger partial charge in [-0.2, -0.15) is 0 Å². The highest BCUT2D eigenvalue weighted by molar-refractivity contribution is 6.04. The topological polar surface area (TPSA) is 89.8 Å². The average molecular weight is 394 g/mol. The fourth-order valence-corrected chi connectivity index (χ4v) is 2.61. The van der Waals surface area contributed by atoms with Gasteiger partial charge in [0.15, 0.2) is 6.10 Å². The van der Waals surface area contributed by atoms with Crippen molar-refractivity contribution in [1.82, 2.24) is 5.32 Å². The molecule has 0 saturated heterocycles. The summed E-state index contributed by atoms with van der Waals surface area (Å²) in [5, 5.41) is 5.52. The molecule has 29 heavy (non-hydrogen) atoms. The Morgan fingerprint density at radius 3 is 2.41 bits per heavy atom. The Hall–Kier alpha value is -3.74. The number of hydrogen-bond donors (Lipinski definition) is 2. The Morgan fingerprint density at radius 1 is 1.00 bits per heavy atom. The van der Waals surface area contributed by atoms with Crippen LogP contribution in [0, 0.1) is 0 Å². The van der Waals surface area contributed by atoms with Gasteiger partial charge in [0.2, 0.25) is 0 Å². The van der Waals surface area contributed by atoms with Crippen molar-refractivity contribution in [3.05, 3.63) is 78.3 Å². The predicted molar refractivity (Wildman–Crippen MR) is 108 cm³/mol. The van der Waals surface area contributed by atoms with Gasteiger partial charge in [-0.25, -0.2) is 0 Å². The maximum Gasteiger partial charge on any atom is 0.265 e. The van der Waals surface area contributed by atoms with E-state index in [1.54, 1.807) is 81.0 Å². The number of ether oxygens (including phenoxy) is 2. The van der Waals surface area contributed by atoms with E-state index in [9.17, 15) is 9.59 Å². The molecule has 0 aliphatic rings. The molecule has 2 N–H and O–H groups in total. The molecule has 1 atom stereocenters. The molecule has 0 spiro atoms. The number of carbonyl (C=O) groups is 2. The van der Waals surface area contributed by atoms with Crippen LogP contribution < -0.4 is 20.1 Å². The summed E-state index contributed by atoms with van der Waals surface area (Å²) in [5.74, 6) is 1.19. The minimum atomic E-state index is -0.761. The lowest BCUT2D eigenvalue weighted by molar-refractivity contribution is -0.122. The van der Waals surface area contributed by atoms with Crippen molar-refractivity contribution in [2.75, 3.05) is 12.4 Å². The van der Waals surface area contributed by atoms with Crippen LogP contribution in [0.4, 0.5) is 5.69 Å². The maximum absolute atomic E-state index is 12.6. The molecule has 3 rings (SSSR count). The van der Waals surface area contributed by atoms with Gasteiger partial charge >= 0.3 is 0 Å². The van der Waals surface area contributed by atoms with Gasteiger partial charge in [0, 0.05) is 0 Å². The molecule has 1 heterocycles. The monoisotopic (exact) mass is 394 g/mol. The Kier molecular flexibility index (Phi) is 6.52. The van der Waals surface area contributed by atoms with Gasteiger partial charge < -0.3 is 24.5 Å². The standard InChI is InChI=1S/C22H22N2O5/c1-15(29-17-11-9-16(27-2)10-12-17)21(25)24-20-8-4-3-7-19(20)22(26)23-14-18-6-5-13-28-18/h3-13,15H,14H2,1-2H3,(H,23,26)(H,24,25)/t15-/m1/s1. The van der Waals surface area contributed by atoms with Crippen molar-refractivity contribution in [2.24, 2.45) is 0 Å². The number of furan rings is 1. The molecular formula is C22H22N2O5. The van der Waals surface area contributed by atoms with Crippen molar-refractivity contribution < 1.29 is 23.5 Å². The van der Waals surface area contributed by atoms with E-state index in [2.05, 4.69) is 10.6 Å². The molecule has 0 aliphatic heterocycles. The molecule has 1 aromatic heterocycles. The highest BCUT2D eigenvalue weighted by Gasteiger charge is 2.18. The van der Waals surface area contributed by atoms with E-state index in [0.29, 0.717) is 28.5 Å². The van der Waals surface area contributed by atoms with Gasteiger partial charge in [-0.15, -0.1) is 0 Å². The second-order valence-electron chi connectivity index (χ2n) is 6.23. The number of anilines is 1. The van der Waals surface area contributed by atoms with Crippen LogP contribution in [0.5, 0.6) is 11.5 Å². The van der Waals surface area contributed by atoms with Crippen molar-refractivity contribution in [1.29, 1.82) is 0 Å². The summed E-state index contributed by atoms with van der Waals surface area (Å²) in [5.41, 5.74) is 0.753. The number of hydrogen-bond acceptors (Lipinski definition) is 5. The van der Waals surface area contributed by atoms with Gasteiger partial charge in [0.05, 0.1) is 31.2 Å². The number of nitrogens with one attached hydrogen (secondary N) is 2. The highest BCUT2D eigenvalue weighted by Crippen LogP contribution is 2.20. The zero-order valence-corrected chi connectivity index (χ0v) is 16.2. The third-order valence-corrected chi connectivity index (χ3v) is 4.17. The summed E-state index contributed by atoms with van der Waals surface area (Å²) in [6.45, 7) is 1.89. The molecule has 0 bridgehead atoms. The summed E-state index contributed by atoms with van der Waals surface area (Å²) < 4.78 is 16.0. The quantitative estimate of drug-likeness (QED) is 0.609. The summed E-state index contributed by atoms with van der Waals surface area (Å²) in [6.07, 6.45) is 0.780. The number of amides is 2. The first-order valence-corrected chi connectivity index (χ1v) is 9.08. The largest absolute Gasteiger partial charge is 0.497 e. The molecule has 0 saturated carbocycles. The van der Waals surface area contributed by atoms with Gasteiger partial charge in [0.25, 0.3) is 11.8 Å². The fourth-order valence-electron chi connectivity index (χ4n) is 2.61. The molecule has 2 amide bonds. The average Bonchev–Trinajstić information content (AvgIpc) is 3.26. The predicted octanol–water partition coefficient (Wildman–Crippen LogP) is 3.62. The maximum atomic E-state index is 12.6. The van der Waals surface area contributed by atoms with Gasteiger partial charge in [-0.1, -0.05) is 12.1 Å². The van der Waals surface area contributed by atoms with E-state index in [0.717, 1.165) is 0 Å². The highest BCUT2D eigenvalue weighted by atomic mass is 16.5. The van der Waals surface area contributed by atoms with Crippen LogP contribution in [-0.4, -0.2) is 25.0 Å². The van der Waals surface area contributed by atoms with Crippen LogP contribution in [-0.2, 0) is 11.3 Å². The first-order chi connectivity index (χ1) is 14.1. The molecule has 0 unspecified atom stereocenters. The summed E-state index contributed by atoms with van der Waals surface area (Å²) >= 11 is 0. The third kappa shape index (κ3) is 5.38. The molecule has 0 radical (unpaired) electrons. The first-order valence-electron chi connectivity index (χ1n) is 9.08. The van der Waals surface area contributed by atoms with E-state index in [-0.39, 0.29) is 18.4 Å². The van der Waals surface area contributed by atoms with Gasteiger partial charge in [-0.3, -0.25) is 9.59 Å². The van der Waals surface area contributed by atoms with Crippen LogP contribution >= 0.6 is 0 Å². The second kappa shape index (κ2) is 9.45. The van der Waals surface area contributed by atoms with Crippen molar-refractivity contribution in [3.63, 3.8) is 0 Å². The van der Waals surface area contributed by atoms with Crippen molar-refractivity contribution >= 4 is 17.5 Å². The molecule has 2 aromatic carbocycles. The lowest BCUT2D eigenvalue weighted by atomic mass is 10.1. The van der Waals surface area contributed by atoms with Crippen molar-refractivity contribution in [3.8, 4) is 11.5 Å². The van der Waals surface area contributed by atoms with Gasteiger partial charge in [0.1, 0.15) is 17.3 Å². The molecular weight excluding hydrogens is 372 g/mol. The van der Waals surface area contributed by atoms with Crippen LogP contribution in [0.2, 0.25) is 0 Å². The van der Waals surface area contributed by atoms with Crippen LogP contribution in [0.25, 0.3) is 0 Å². The summed E-state index contributed by atoms with van der Waals surface area (Å²) in [6, 6.07) is 17.2. The minimum absolute atomic E-state index is 0.255. The van der Waals surface area contributed by atoms with Crippen molar-refractivity contribution in [2.45, 2.75) is 19.6 Å². The first kappa shape index (κ1) is 20.0. The SMILES string of the molecule is COc1ccc(O[C@H](C)C(=O)Nc2ccccc2C(=O)NCc2ccco2)cc1. The molecule has 150 valence electrons. The van der Waals surface area contributed by atoms with E-state index in [1.807, 2.05) is 0 Å². The Morgan fingerprint density at radius 2 is 1.72 bits per heavy atom. The van der Waals surface area contributed by atoms with E-state index < -0.39 is 6.10 Å². The van der Waals surface area contributed by atoms with Crippen LogP contribution in [0.3, 0.4) is 0 Å². The molecule has 7 heteroatoms. The number of para-hydroxylation sites is 1. The molecule has 7 nitrogen and oxygen atoms in total.